The van der Waals surface area contributed by atoms with Crippen LogP contribution in [0.5, 0.6) is 17.5 Å². The normalized spacial score (nSPS) is 11.4. The molecule has 4 aromatic rings. The third-order valence-corrected chi connectivity index (χ3v) is 6.54. The van der Waals surface area contributed by atoms with Crippen molar-refractivity contribution in [1.29, 1.82) is 5.26 Å². The summed E-state index contributed by atoms with van der Waals surface area (Å²) in [5.41, 5.74) is 0.183. The minimum Gasteiger partial charge on any atom is -0.493 e. The second-order valence-corrected chi connectivity index (χ2v) is 9.20. The Labute approximate surface area is 232 Å². The van der Waals surface area contributed by atoms with Gasteiger partial charge < -0.3 is 14.8 Å². The molecule has 0 saturated heterocycles. The number of aryl methyl sites for hydroxylation is 1. The van der Waals surface area contributed by atoms with E-state index in [0.717, 1.165) is 4.57 Å². The molecule has 2 aromatic carbocycles. The van der Waals surface area contributed by atoms with E-state index in [4.69, 9.17) is 32.7 Å². The minimum atomic E-state index is -0.564. The highest BCUT2D eigenvalue weighted by atomic mass is 35.5. The third kappa shape index (κ3) is 5.25. The highest BCUT2D eigenvalue weighted by Gasteiger charge is 2.22. The van der Waals surface area contributed by atoms with Gasteiger partial charge in [-0.15, -0.1) is 0 Å². The molecule has 4 rings (SSSR count). The number of likely N-dealkylation sites (N-methyl/N-ethyl adjacent to an activating group) is 1. The van der Waals surface area contributed by atoms with Crippen LogP contribution >= 0.6 is 23.2 Å². The van der Waals surface area contributed by atoms with Crippen LogP contribution < -0.4 is 26.0 Å². The van der Waals surface area contributed by atoms with E-state index in [1.165, 1.54) is 43.5 Å². The molecule has 1 N–H and O–H groups in total. The van der Waals surface area contributed by atoms with E-state index in [0.29, 0.717) is 21.2 Å². The van der Waals surface area contributed by atoms with Gasteiger partial charge in [0.05, 0.1) is 13.7 Å². The van der Waals surface area contributed by atoms with Gasteiger partial charge in [0.1, 0.15) is 11.6 Å². The van der Waals surface area contributed by atoms with E-state index in [-0.39, 0.29) is 40.8 Å². The van der Waals surface area contributed by atoms with E-state index in [1.54, 1.807) is 36.4 Å². The molecule has 0 radical (unpaired) electrons. The van der Waals surface area contributed by atoms with Crippen LogP contribution in [-0.2, 0) is 25.4 Å². The molecule has 0 atom stereocenters. The molecule has 11 nitrogen and oxygen atoms in total. The van der Waals surface area contributed by atoms with Gasteiger partial charge >= 0.3 is 11.7 Å². The first kappa shape index (κ1) is 27.5. The lowest BCUT2D eigenvalue weighted by atomic mass is 10.1. The van der Waals surface area contributed by atoms with Crippen molar-refractivity contribution in [3.8, 4) is 23.6 Å². The Hall–Kier alpha value is -4.53. The van der Waals surface area contributed by atoms with Crippen LogP contribution in [0.3, 0.4) is 0 Å². The van der Waals surface area contributed by atoms with Crippen molar-refractivity contribution in [2.45, 2.75) is 6.54 Å². The first-order valence-corrected chi connectivity index (χ1v) is 12.1. The zero-order valence-electron chi connectivity index (χ0n) is 21.3. The van der Waals surface area contributed by atoms with Gasteiger partial charge in [-0.1, -0.05) is 35.3 Å². The van der Waals surface area contributed by atoms with Crippen molar-refractivity contribution >= 4 is 46.3 Å². The number of nitrogens with zero attached hydrogens (tertiary/aromatic N) is 5. The second kappa shape index (κ2) is 11.1. The van der Waals surface area contributed by atoms with Gasteiger partial charge in [-0.3, -0.25) is 23.3 Å². The summed E-state index contributed by atoms with van der Waals surface area (Å²) >= 11 is 12.5. The maximum absolute atomic E-state index is 13.2. The topological polar surface area (TPSA) is 133 Å². The largest absolute Gasteiger partial charge is 0.493 e. The fraction of sp³-hybridized carbons (Fsp3) is 0.192. The number of hydrogen-bond donors (Lipinski definition) is 1. The van der Waals surface area contributed by atoms with Gasteiger partial charge in [0, 0.05) is 31.2 Å². The number of hydrogen-bond acceptors (Lipinski definition) is 7. The molecule has 39 heavy (non-hydrogen) atoms. The van der Waals surface area contributed by atoms with Crippen molar-refractivity contribution in [3.63, 3.8) is 0 Å². The van der Waals surface area contributed by atoms with Crippen LogP contribution in [0, 0.1) is 11.3 Å². The Bertz CT molecular complexity index is 1810. The van der Waals surface area contributed by atoms with Gasteiger partial charge in [0.25, 0.3) is 11.5 Å². The number of nitriles is 1. The fourth-order valence-electron chi connectivity index (χ4n) is 3.88. The summed E-state index contributed by atoms with van der Waals surface area (Å²) in [4.78, 5) is 42.1. The highest BCUT2D eigenvalue weighted by Crippen LogP contribution is 2.34. The van der Waals surface area contributed by atoms with Crippen LogP contribution in [0.2, 0.25) is 10.0 Å². The lowest BCUT2D eigenvalue weighted by molar-refractivity contribution is -0.116. The molecule has 2 heterocycles. The Morgan fingerprint density at radius 3 is 2.51 bits per heavy atom. The van der Waals surface area contributed by atoms with Gasteiger partial charge in [-0.05, 0) is 41.5 Å². The standard InChI is InChI=1S/C26H22Cl2N6O5/c1-30-23(35)16(12-29)9-14-5-8-19(20(10-14)38-4)39-25-31-22-21(24(36)33(3)26(37)32(22)2)34(25)13-15-6-7-17(27)11-18(15)28/h5-11H,13H2,1-4H3,(H,30,35)/b16-9-. The van der Waals surface area contributed by atoms with E-state index in [9.17, 15) is 19.6 Å². The Balaban J connectivity index is 1.87. The number of rotatable bonds is 7. The lowest BCUT2D eigenvalue weighted by Gasteiger charge is -2.13. The lowest BCUT2D eigenvalue weighted by Crippen LogP contribution is -2.37. The molecule has 13 heteroatoms. The van der Waals surface area contributed by atoms with Crippen molar-refractivity contribution in [1.82, 2.24) is 24.0 Å². The molecular formula is C26H22Cl2N6O5. The quantitative estimate of drug-likeness (QED) is 0.267. The van der Waals surface area contributed by atoms with Gasteiger partial charge in [0.15, 0.2) is 22.7 Å². The zero-order chi connectivity index (χ0) is 28.4. The molecule has 0 aliphatic rings. The van der Waals surface area contributed by atoms with Crippen LogP contribution in [0.1, 0.15) is 11.1 Å². The fourth-order valence-corrected chi connectivity index (χ4v) is 4.35. The highest BCUT2D eigenvalue weighted by molar-refractivity contribution is 6.35. The number of carbonyl (C=O) groups excluding carboxylic acids is 1. The van der Waals surface area contributed by atoms with Crippen LogP contribution in [0.15, 0.2) is 51.6 Å². The average molecular weight is 569 g/mol. The second-order valence-electron chi connectivity index (χ2n) is 8.36. The molecule has 0 aliphatic heterocycles. The zero-order valence-corrected chi connectivity index (χ0v) is 22.8. The van der Waals surface area contributed by atoms with E-state index in [1.807, 2.05) is 6.07 Å². The number of amides is 1. The predicted molar refractivity (Wildman–Crippen MR) is 147 cm³/mol. The van der Waals surface area contributed by atoms with E-state index < -0.39 is 17.2 Å². The number of methoxy groups -OCH3 is 1. The van der Waals surface area contributed by atoms with Crippen LogP contribution in [0.4, 0.5) is 0 Å². The first-order valence-electron chi connectivity index (χ1n) is 11.4. The van der Waals surface area contributed by atoms with Crippen molar-refractivity contribution in [2.24, 2.45) is 14.1 Å². The summed E-state index contributed by atoms with van der Waals surface area (Å²) in [6.45, 7) is 0.0794. The SMILES string of the molecule is CNC(=O)/C(C#N)=C\c1ccc(Oc2nc3c(c(=O)n(C)c(=O)n3C)n2Cc2ccc(Cl)cc2Cl)c(OC)c1. The number of aromatic nitrogens is 4. The molecule has 0 bridgehead atoms. The predicted octanol–water partition coefficient (Wildman–Crippen LogP) is 3.24. The summed E-state index contributed by atoms with van der Waals surface area (Å²) in [6.07, 6.45) is 1.41. The molecule has 0 saturated carbocycles. The Morgan fingerprint density at radius 2 is 1.87 bits per heavy atom. The molecular weight excluding hydrogens is 547 g/mol. The van der Waals surface area contributed by atoms with E-state index >= 15 is 0 Å². The van der Waals surface area contributed by atoms with Crippen molar-refractivity contribution in [2.75, 3.05) is 14.2 Å². The number of carbonyl (C=O) groups is 1. The molecule has 0 spiro atoms. The summed E-state index contributed by atoms with van der Waals surface area (Å²) in [5.74, 6) is -0.0323. The van der Waals surface area contributed by atoms with Crippen molar-refractivity contribution < 1.29 is 14.3 Å². The molecule has 2 aromatic heterocycles. The van der Waals surface area contributed by atoms with Crippen LogP contribution in [0.25, 0.3) is 17.2 Å². The number of fused-ring (bicyclic) bond motifs is 1. The number of halogens is 2. The Kier molecular flexibility index (Phi) is 7.80. The molecule has 200 valence electrons. The van der Waals surface area contributed by atoms with Gasteiger partial charge in [-0.25, -0.2) is 4.79 Å². The molecule has 0 fully saturated rings. The van der Waals surface area contributed by atoms with Gasteiger partial charge in [0.2, 0.25) is 0 Å². The smallest absolute Gasteiger partial charge is 0.332 e. The average Bonchev–Trinajstić information content (AvgIpc) is 3.28. The maximum Gasteiger partial charge on any atom is 0.332 e. The number of imidazole rings is 1. The van der Waals surface area contributed by atoms with E-state index in [2.05, 4.69) is 10.3 Å². The Morgan fingerprint density at radius 1 is 1.13 bits per heavy atom. The minimum absolute atomic E-state index is 0.000941. The summed E-state index contributed by atoms with van der Waals surface area (Å²) < 4.78 is 15.3. The number of benzene rings is 2. The summed E-state index contributed by atoms with van der Waals surface area (Å²) in [7, 11) is 5.73. The van der Waals surface area contributed by atoms with Crippen molar-refractivity contribution in [3.05, 3.63) is 84.0 Å². The number of nitrogens with one attached hydrogen (secondary N) is 1. The molecule has 0 aliphatic carbocycles. The first-order chi connectivity index (χ1) is 18.6. The number of ether oxygens (including phenoxy) is 2. The third-order valence-electron chi connectivity index (χ3n) is 5.95. The summed E-state index contributed by atoms with van der Waals surface area (Å²) in [5, 5.41) is 12.5. The monoisotopic (exact) mass is 568 g/mol. The summed E-state index contributed by atoms with van der Waals surface area (Å²) in [6, 6.07) is 11.6. The molecule has 1 amide bonds. The maximum atomic E-state index is 13.2. The van der Waals surface area contributed by atoms with Gasteiger partial charge in [-0.2, -0.15) is 10.2 Å². The molecule has 0 unspecified atom stereocenters. The van der Waals surface area contributed by atoms with Crippen LogP contribution in [-0.4, -0.2) is 38.7 Å².